The topological polar surface area (TPSA) is 65.7 Å². The Morgan fingerprint density at radius 2 is 2.05 bits per heavy atom. The normalized spacial score (nSPS) is 11.5. The molecule has 1 aromatic heterocycles. The van der Waals surface area contributed by atoms with Crippen LogP contribution in [0.4, 0.5) is 0 Å². The summed E-state index contributed by atoms with van der Waals surface area (Å²) in [4.78, 5) is 13.5. The first-order valence-electron chi connectivity index (χ1n) is 6.13. The van der Waals surface area contributed by atoms with E-state index in [1.54, 1.807) is 13.0 Å². The van der Waals surface area contributed by atoms with E-state index in [1.807, 2.05) is 30.6 Å². The number of aromatic carboxylic acids is 1. The molecule has 5 nitrogen and oxygen atoms in total. The molecule has 0 bridgehead atoms. The molecule has 2 rings (SSSR count). The largest absolute Gasteiger partial charge is 0.506 e. The summed E-state index contributed by atoms with van der Waals surface area (Å²) in [7, 11) is 5.58. The number of fused-ring (bicyclic) bond motifs is 1. The van der Waals surface area contributed by atoms with Crippen LogP contribution in [0.5, 0.6) is 5.75 Å². The Bertz CT molecular complexity index is 704. The molecule has 0 aliphatic rings. The molecule has 1 aromatic carbocycles. The van der Waals surface area contributed by atoms with Gasteiger partial charge in [0.25, 0.3) is 0 Å². The monoisotopic (exact) mass is 340 g/mol. The number of rotatable bonds is 3. The van der Waals surface area contributed by atoms with Crippen molar-refractivity contribution in [3.63, 3.8) is 0 Å². The third-order valence-electron chi connectivity index (χ3n) is 3.50. The number of benzene rings is 1. The highest BCUT2D eigenvalue weighted by molar-refractivity contribution is 9.10. The Labute approximate surface area is 125 Å². The average Bonchev–Trinajstić information content (AvgIpc) is 2.58. The first kappa shape index (κ1) is 14.9. The number of aromatic nitrogens is 1. The molecular weight excluding hydrogens is 324 g/mol. The number of carbonyl (C=O) groups is 1. The van der Waals surface area contributed by atoms with Gasteiger partial charge in [-0.05, 0) is 43.0 Å². The van der Waals surface area contributed by atoms with E-state index in [2.05, 4.69) is 15.9 Å². The molecule has 0 aliphatic carbocycles. The summed E-state index contributed by atoms with van der Waals surface area (Å²) < 4.78 is 2.40. The molecule has 0 amide bonds. The smallest absolute Gasteiger partial charge is 0.338 e. The van der Waals surface area contributed by atoms with Crippen molar-refractivity contribution in [3.05, 3.63) is 27.4 Å². The van der Waals surface area contributed by atoms with E-state index in [1.165, 1.54) is 0 Å². The van der Waals surface area contributed by atoms with Gasteiger partial charge in [0, 0.05) is 30.2 Å². The Hall–Kier alpha value is -1.53. The first-order valence-corrected chi connectivity index (χ1v) is 6.92. The second kappa shape index (κ2) is 5.10. The summed E-state index contributed by atoms with van der Waals surface area (Å²) in [6.45, 7) is 2.24. The Kier molecular flexibility index (Phi) is 3.80. The molecule has 6 heteroatoms. The predicted octanol–water partition coefficient (Wildman–Crippen LogP) is 2.71. The van der Waals surface area contributed by atoms with Crippen LogP contribution in [0.25, 0.3) is 10.9 Å². The lowest BCUT2D eigenvalue weighted by atomic mass is 10.0. The summed E-state index contributed by atoms with van der Waals surface area (Å²) in [5.41, 5.74) is 2.34. The Morgan fingerprint density at radius 3 is 2.55 bits per heavy atom. The van der Waals surface area contributed by atoms with Gasteiger partial charge < -0.3 is 19.7 Å². The number of carboxylic acids is 1. The molecule has 0 radical (unpaired) electrons. The molecule has 2 aromatic rings. The maximum absolute atomic E-state index is 11.6. The summed E-state index contributed by atoms with van der Waals surface area (Å²) in [5, 5.41) is 20.4. The van der Waals surface area contributed by atoms with Gasteiger partial charge in [-0.1, -0.05) is 0 Å². The third kappa shape index (κ3) is 2.19. The van der Waals surface area contributed by atoms with Crippen LogP contribution in [0.3, 0.4) is 0 Å². The van der Waals surface area contributed by atoms with E-state index in [-0.39, 0.29) is 11.3 Å². The number of hydrogen-bond donors (Lipinski definition) is 2. The van der Waals surface area contributed by atoms with Crippen molar-refractivity contribution in [2.75, 3.05) is 14.1 Å². The lowest BCUT2D eigenvalue weighted by molar-refractivity contribution is 0.0698. The molecule has 1 heterocycles. The van der Waals surface area contributed by atoms with Crippen molar-refractivity contribution in [2.45, 2.75) is 13.5 Å². The van der Waals surface area contributed by atoms with Crippen molar-refractivity contribution in [1.29, 1.82) is 0 Å². The Morgan fingerprint density at radius 1 is 1.45 bits per heavy atom. The van der Waals surface area contributed by atoms with Gasteiger partial charge in [-0.2, -0.15) is 0 Å². The van der Waals surface area contributed by atoms with Gasteiger partial charge in [0.2, 0.25) is 0 Å². The number of aryl methyl sites for hydroxylation is 1. The molecule has 20 heavy (non-hydrogen) atoms. The number of aromatic hydroxyl groups is 1. The summed E-state index contributed by atoms with van der Waals surface area (Å²) in [6, 6.07) is 1.75. The van der Waals surface area contributed by atoms with Crippen LogP contribution in [0.2, 0.25) is 0 Å². The van der Waals surface area contributed by atoms with Crippen LogP contribution in [-0.2, 0) is 13.6 Å². The molecule has 0 fully saturated rings. The SMILES string of the molecule is Cc1c(C(=O)O)c2c(CN(C)C)c(O)c(Br)cc2n1C. The van der Waals surface area contributed by atoms with E-state index in [4.69, 9.17) is 0 Å². The zero-order valence-electron chi connectivity index (χ0n) is 11.9. The van der Waals surface area contributed by atoms with Crippen molar-refractivity contribution in [3.8, 4) is 5.75 Å². The summed E-state index contributed by atoms with van der Waals surface area (Å²) >= 11 is 3.33. The number of carboxylic acid groups (broad SMARTS) is 1. The van der Waals surface area contributed by atoms with Crippen molar-refractivity contribution >= 4 is 32.8 Å². The number of hydrogen-bond acceptors (Lipinski definition) is 3. The molecule has 2 N–H and O–H groups in total. The lowest BCUT2D eigenvalue weighted by Crippen LogP contribution is -2.12. The van der Waals surface area contributed by atoms with Crippen molar-refractivity contribution in [1.82, 2.24) is 9.47 Å². The van der Waals surface area contributed by atoms with Crippen LogP contribution in [-0.4, -0.2) is 39.7 Å². The standard InChI is InChI=1S/C14H17BrN2O3/c1-7-11(14(19)20)12-8(6-16(2)3)13(18)9(15)5-10(12)17(7)4/h5,18H,6H2,1-4H3,(H,19,20). The van der Waals surface area contributed by atoms with Gasteiger partial charge in [0.15, 0.2) is 0 Å². The van der Waals surface area contributed by atoms with Crippen LogP contribution < -0.4 is 0 Å². The van der Waals surface area contributed by atoms with E-state index in [0.29, 0.717) is 27.7 Å². The number of halogens is 1. The number of phenols is 1. The van der Waals surface area contributed by atoms with Gasteiger partial charge >= 0.3 is 5.97 Å². The highest BCUT2D eigenvalue weighted by Crippen LogP contribution is 2.39. The van der Waals surface area contributed by atoms with Crippen LogP contribution in [0.15, 0.2) is 10.5 Å². The van der Waals surface area contributed by atoms with E-state index in [0.717, 1.165) is 5.52 Å². The molecule has 0 spiro atoms. The maximum atomic E-state index is 11.6. The van der Waals surface area contributed by atoms with Gasteiger partial charge in [-0.3, -0.25) is 0 Å². The van der Waals surface area contributed by atoms with Gasteiger partial charge in [0.05, 0.1) is 15.6 Å². The third-order valence-corrected chi connectivity index (χ3v) is 4.10. The molecule has 0 aliphatic heterocycles. The first-order chi connectivity index (χ1) is 9.25. The van der Waals surface area contributed by atoms with E-state index >= 15 is 0 Å². The molecule has 0 unspecified atom stereocenters. The van der Waals surface area contributed by atoms with E-state index < -0.39 is 5.97 Å². The number of nitrogens with zero attached hydrogens (tertiary/aromatic N) is 2. The second-order valence-electron chi connectivity index (χ2n) is 5.14. The lowest BCUT2D eigenvalue weighted by Gasteiger charge is -2.14. The maximum Gasteiger partial charge on any atom is 0.338 e. The van der Waals surface area contributed by atoms with Gasteiger partial charge in [-0.15, -0.1) is 0 Å². The molecule has 0 saturated heterocycles. The fourth-order valence-electron chi connectivity index (χ4n) is 2.48. The molecule has 108 valence electrons. The van der Waals surface area contributed by atoms with Crippen LogP contribution >= 0.6 is 15.9 Å². The highest BCUT2D eigenvalue weighted by Gasteiger charge is 2.24. The predicted molar refractivity (Wildman–Crippen MR) is 81.4 cm³/mol. The summed E-state index contributed by atoms with van der Waals surface area (Å²) in [5.74, 6) is -0.880. The second-order valence-corrected chi connectivity index (χ2v) is 6.00. The minimum Gasteiger partial charge on any atom is -0.506 e. The molecule has 0 atom stereocenters. The average molecular weight is 341 g/mol. The minimum absolute atomic E-state index is 0.0966. The Balaban J connectivity index is 2.97. The van der Waals surface area contributed by atoms with Gasteiger partial charge in [0.1, 0.15) is 5.75 Å². The van der Waals surface area contributed by atoms with Crippen LogP contribution in [0, 0.1) is 6.92 Å². The van der Waals surface area contributed by atoms with Crippen molar-refractivity contribution in [2.24, 2.45) is 7.05 Å². The fraction of sp³-hybridized carbons (Fsp3) is 0.357. The quantitative estimate of drug-likeness (QED) is 0.901. The molecule has 0 saturated carbocycles. The highest BCUT2D eigenvalue weighted by atomic mass is 79.9. The van der Waals surface area contributed by atoms with Gasteiger partial charge in [-0.25, -0.2) is 4.79 Å². The zero-order valence-corrected chi connectivity index (χ0v) is 13.4. The van der Waals surface area contributed by atoms with Crippen LogP contribution in [0.1, 0.15) is 21.6 Å². The molecular formula is C14H17BrN2O3. The van der Waals surface area contributed by atoms with Crippen molar-refractivity contribution < 1.29 is 15.0 Å². The van der Waals surface area contributed by atoms with E-state index in [9.17, 15) is 15.0 Å². The zero-order chi connectivity index (χ0) is 15.2. The minimum atomic E-state index is -0.977. The number of phenolic OH excluding ortho intramolecular Hbond substituents is 1. The summed E-state index contributed by atoms with van der Waals surface area (Å²) in [6.07, 6.45) is 0. The fourth-order valence-corrected chi connectivity index (χ4v) is 2.94.